The van der Waals surface area contributed by atoms with E-state index in [4.69, 9.17) is 22.5 Å². The number of rotatable bonds is 2. The number of aromatic nitrogens is 3. The van der Waals surface area contributed by atoms with Crippen LogP contribution in [0, 0.1) is 0 Å². The lowest BCUT2D eigenvalue weighted by molar-refractivity contribution is 0.689. The molecule has 0 spiro atoms. The molecule has 1 aliphatic rings. The largest absolute Gasteiger partial charge is 0.382 e. The monoisotopic (exact) mass is 375 g/mol. The number of aryl methyl sites for hydroxylation is 1. The van der Waals surface area contributed by atoms with Gasteiger partial charge in [0.05, 0.1) is 22.9 Å². The Morgan fingerprint density at radius 2 is 1.81 bits per heavy atom. The molecule has 0 saturated heterocycles. The molecule has 0 amide bonds. The summed E-state index contributed by atoms with van der Waals surface area (Å²) in [6.07, 6.45) is 6.45. The Balaban J connectivity index is 1.76. The number of benzene rings is 2. The Bertz CT molecular complexity index is 1190. The molecule has 0 bridgehead atoms. The standard InChI is InChI=1S/C21H18ClN5/c22-26-21(23)13-7-5-12(6-8-13)20-15-4-2-1-3-14(15)19-16-11-24-27-17(16)9-10-18(19)25-20/h5-11H,1-4H2,(H2,23,26)(H,24,27). The van der Waals surface area contributed by atoms with Crippen molar-refractivity contribution in [2.45, 2.75) is 25.7 Å². The summed E-state index contributed by atoms with van der Waals surface area (Å²) < 4.78 is 3.54. The molecule has 0 saturated carbocycles. The van der Waals surface area contributed by atoms with Gasteiger partial charge < -0.3 is 5.73 Å². The van der Waals surface area contributed by atoms with E-state index >= 15 is 0 Å². The highest BCUT2D eigenvalue weighted by atomic mass is 35.5. The molecular formula is C21H18ClN5. The predicted molar refractivity (Wildman–Crippen MR) is 110 cm³/mol. The Labute approximate surface area is 161 Å². The summed E-state index contributed by atoms with van der Waals surface area (Å²) in [5, 5.41) is 9.71. The zero-order chi connectivity index (χ0) is 18.4. The highest BCUT2D eigenvalue weighted by Gasteiger charge is 2.21. The van der Waals surface area contributed by atoms with Crippen LogP contribution in [0.25, 0.3) is 33.1 Å². The first-order chi connectivity index (χ1) is 13.3. The van der Waals surface area contributed by atoms with Crippen LogP contribution in [-0.4, -0.2) is 21.0 Å². The second-order valence-electron chi connectivity index (χ2n) is 6.96. The van der Waals surface area contributed by atoms with Crippen LogP contribution in [0.5, 0.6) is 0 Å². The zero-order valence-electron chi connectivity index (χ0n) is 14.7. The van der Waals surface area contributed by atoms with Crippen LogP contribution in [0.1, 0.15) is 29.5 Å². The Hall–Kier alpha value is -2.92. The number of hydrogen-bond donors (Lipinski definition) is 2. The number of hydrogen-bond acceptors (Lipinski definition) is 3. The van der Waals surface area contributed by atoms with E-state index in [9.17, 15) is 0 Å². The summed E-state index contributed by atoms with van der Waals surface area (Å²) in [7, 11) is 0. The normalized spacial score (nSPS) is 14.6. The van der Waals surface area contributed by atoms with E-state index in [1.54, 1.807) is 0 Å². The van der Waals surface area contributed by atoms with Gasteiger partial charge in [-0.1, -0.05) is 24.3 Å². The molecule has 27 heavy (non-hydrogen) atoms. The fraction of sp³-hybridized carbons (Fsp3) is 0.190. The second-order valence-corrected chi connectivity index (χ2v) is 7.13. The summed E-state index contributed by atoms with van der Waals surface area (Å²) >= 11 is 5.48. The first-order valence-corrected chi connectivity index (χ1v) is 9.43. The molecule has 1 aliphatic carbocycles. The van der Waals surface area contributed by atoms with Crippen LogP contribution in [0.4, 0.5) is 0 Å². The maximum Gasteiger partial charge on any atom is 0.145 e. The average molecular weight is 376 g/mol. The van der Waals surface area contributed by atoms with Gasteiger partial charge in [-0.25, -0.2) is 4.98 Å². The van der Waals surface area contributed by atoms with Gasteiger partial charge in [0, 0.05) is 33.7 Å². The molecule has 134 valence electrons. The second kappa shape index (κ2) is 6.35. The Morgan fingerprint density at radius 1 is 1.04 bits per heavy atom. The molecule has 2 aromatic heterocycles. The van der Waals surface area contributed by atoms with Crippen molar-refractivity contribution >= 4 is 39.4 Å². The number of nitrogens with one attached hydrogen (secondary N) is 1. The first-order valence-electron chi connectivity index (χ1n) is 9.09. The maximum atomic E-state index is 5.80. The average Bonchev–Trinajstić information content (AvgIpc) is 3.21. The number of amidine groups is 1. The molecule has 5 rings (SSSR count). The molecule has 6 heteroatoms. The number of nitrogens with zero attached hydrogens (tertiary/aromatic N) is 3. The fourth-order valence-electron chi connectivity index (χ4n) is 4.13. The number of pyridine rings is 1. The summed E-state index contributed by atoms with van der Waals surface area (Å²) in [6.45, 7) is 0. The van der Waals surface area contributed by atoms with Crippen molar-refractivity contribution in [3.8, 4) is 11.3 Å². The van der Waals surface area contributed by atoms with Crippen LogP contribution >= 0.6 is 11.8 Å². The molecule has 0 atom stereocenters. The van der Waals surface area contributed by atoms with Crippen LogP contribution in [0.15, 0.2) is 47.1 Å². The first kappa shape index (κ1) is 16.3. The third-order valence-corrected chi connectivity index (χ3v) is 5.62. The third-order valence-electron chi connectivity index (χ3n) is 5.44. The summed E-state index contributed by atoms with van der Waals surface area (Å²) in [5.41, 5.74) is 13.6. The molecular weight excluding hydrogens is 358 g/mol. The van der Waals surface area contributed by atoms with E-state index in [0.717, 1.165) is 46.1 Å². The molecule has 4 aromatic rings. The number of nitrogens with two attached hydrogens (primary N) is 1. The number of aromatic amines is 1. The van der Waals surface area contributed by atoms with E-state index in [0.29, 0.717) is 5.84 Å². The SMILES string of the molecule is N/C(=N\Cl)c1ccc(-c2nc3ccc4[nH]ncc4c3c3c2CCCC3)cc1. The van der Waals surface area contributed by atoms with E-state index < -0.39 is 0 Å². The van der Waals surface area contributed by atoms with Crippen LogP contribution in [-0.2, 0) is 12.8 Å². The minimum Gasteiger partial charge on any atom is -0.382 e. The molecule has 5 nitrogen and oxygen atoms in total. The maximum absolute atomic E-state index is 5.80. The van der Waals surface area contributed by atoms with Crippen molar-refractivity contribution < 1.29 is 0 Å². The van der Waals surface area contributed by atoms with Gasteiger partial charge in [0.25, 0.3) is 0 Å². The van der Waals surface area contributed by atoms with Gasteiger partial charge in [-0.05, 0) is 48.9 Å². The van der Waals surface area contributed by atoms with Crippen molar-refractivity contribution in [2.75, 3.05) is 0 Å². The topological polar surface area (TPSA) is 80.0 Å². The number of H-pyrrole nitrogens is 1. The zero-order valence-corrected chi connectivity index (χ0v) is 15.4. The summed E-state index contributed by atoms with van der Waals surface area (Å²) in [4.78, 5) is 5.05. The van der Waals surface area contributed by atoms with Crippen LogP contribution in [0.3, 0.4) is 0 Å². The molecule has 0 unspecified atom stereocenters. The van der Waals surface area contributed by atoms with E-state index in [1.165, 1.54) is 29.4 Å². The van der Waals surface area contributed by atoms with Gasteiger partial charge in [0.2, 0.25) is 0 Å². The van der Waals surface area contributed by atoms with Gasteiger partial charge in [-0.3, -0.25) is 5.10 Å². The third kappa shape index (κ3) is 2.58. The highest BCUT2D eigenvalue weighted by Crippen LogP contribution is 2.37. The molecule has 0 aliphatic heterocycles. The van der Waals surface area contributed by atoms with Gasteiger partial charge >= 0.3 is 0 Å². The Morgan fingerprint density at radius 3 is 2.59 bits per heavy atom. The molecule has 2 heterocycles. The Kier molecular flexibility index (Phi) is 3.83. The van der Waals surface area contributed by atoms with Gasteiger partial charge in [0.1, 0.15) is 5.84 Å². The van der Waals surface area contributed by atoms with Gasteiger partial charge in [0.15, 0.2) is 0 Å². The van der Waals surface area contributed by atoms with Crippen molar-refractivity contribution in [3.63, 3.8) is 0 Å². The smallest absolute Gasteiger partial charge is 0.145 e. The summed E-state index contributed by atoms with van der Waals surface area (Å²) in [5.74, 6) is 0.319. The lowest BCUT2D eigenvalue weighted by Gasteiger charge is -2.22. The number of halogens is 1. The van der Waals surface area contributed by atoms with Crippen LogP contribution in [0.2, 0.25) is 0 Å². The molecule has 0 radical (unpaired) electrons. The predicted octanol–water partition coefficient (Wildman–Crippen LogP) is 4.52. The lowest BCUT2D eigenvalue weighted by atomic mass is 9.85. The van der Waals surface area contributed by atoms with E-state index in [-0.39, 0.29) is 0 Å². The lowest BCUT2D eigenvalue weighted by Crippen LogP contribution is -2.12. The molecule has 2 aromatic carbocycles. The van der Waals surface area contributed by atoms with Gasteiger partial charge in [-0.15, -0.1) is 0 Å². The quantitative estimate of drug-likeness (QED) is 0.399. The van der Waals surface area contributed by atoms with Gasteiger partial charge in [-0.2, -0.15) is 9.61 Å². The summed E-state index contributed by atoms with van der Waals surface area (Å²) in [6, 6.07) is 12.1. The van der Waals surface area contributed by atoms with Crippen molar-refractivity contribution in [3.05, 3.63) is 59.3 Å². The van der Waals surface area contributed by atoms with Crippen molar-refractivity contribution in [2.24, 2.45) is 10.2 Å². The van der Waals surface area contributed by atoms with Crippen molar-refractivity contribution in [1.82, 2.24) is 15.2 Å². The minimum absolute atomic E-state index is 0.319. The van der Waals surface area contributed by atoms with E-state index in [1.807, 2.05) is 30.5 Å². The fourth-order valence-corrected chi connectivity index (χ4v) is 4.23. The van der Waals surface area contributed by atoms with E-state index in [2.05, 4.69) is 26.8 Å². The molecule has 3 N–H and O–H groups in total. The number of fused-ring (bicyclic) bond motifs is 5. The highest BCUT2D eigenvalue weighted by molar-refractivity contribution is 6.22. The minimum atomic E-state index is 0.319. The van der Waals surface area contributed by atoms with Crippen LogP contribution < -0.4 is 5.73 Å². The molecule has 0 fully saturated rings. The van der Waals surface area contributed by atoms with Crippen molar-refractivity contribution in [1.29, 1.82) is 0 Å².